The van der Waals surface area contributed by atoms with Gasteiger partial charge in [-0.05, 0) is 19.8 Å². The van der Waals surface area contributed by atoms with Crippen molar-refractivity contribution in [1.29, 1.82) is 0 Å². The zero-order valence-corrected chi connectivity index (χ0v) is 18.8. The van der Waals surface area contributed by atoms with Crippen molar-refractivity contribution in [3.8, 4) is 11.3 Å². The molecule has 1 saturated heterocycles. The van der Waals surface area contributed by atoms with E-state index in [0.717, 1.165) is 18.6 Å². The third kappa shape index (κ3) is 5.96. The molecule has 2 N–H and O–H groups in total. The first-order valence-corrected chi connectivity index (χ1v) is 11.8. The second-order valence-electron chi connectivity index (χ2n) is 8.23. The quantitative estimate of drug-likeness (QED) is 0.568. The Bertz CT molecular complexity index is 1120. The number of halogens is 6. The van der Waals surface area contributed by atoms with Crippen molar-refractivity contribution < 1.29 is 39.9 Å². The molecular weight excluding hydrogens is 494 g/mol. The lowest BCUT2D eigenvalue weighted by Gasteiger charge is -2.30. The Balaban J connectivity index is 1.85. The van der Waals surface area contributed by atoms with Gasteiger partial charge in [0.2, 0.25) is 16.0 Å². The number of aliphatic hydroxyl groups is 1. The predicted molar refractivity (Wildman–Crippen MR) is 108 cm³/mol. The number of hydrogen-bond acceptors (Lipinski definition) is 7. The lowest BCUT2D eigenvalue weighted by molar-refractivity contribution is -0.258. The first-order chi connectivity index (χ1) is 15.5. The Morgan fingerprint density at radius 1 is 1.15 bits per heavy atom. The number of hydrogen-bond donors (Lipinski definition) is 2. The number of anilines is 1. The molecule has 9 nitrogen and oxygen atoms in total. The monoisotopic (exact) mass is 516 g/mol. The maximum Gasteiger partial charge on any atom is 0.419 e. The number of piperidine rings is 1. The van der Waals surface area contributed by atoms with Crippen LogP contribution in [0.25, 0.3) is 11.3 Å². The Kier molecular flexibility index (Phi) is 6.89. The molecule has 0 saturated carbocycles. The highest BCUT2D eigenvalue weighted by molar-refractivity contribution is 7.88. The molecule has 1 aliphatic heterocycles. The van der Waals surface area contributed by atoms with Crippen molar-refractivity contribution in [2.45, 2.75) is 50.3 Å². The van der Waals surface area contributed by atoms with Gasteiger partial charge in [-0.2, -0.15) is 31.4 Å². The Hall–Kier alpha value is -2.46. The summed E-state index contributed by atoms with van der Waals surface area (Å²) < 4.78 is 105. The van der Waals surface area contributed by atoms with Crippen LogP contribution in [0.3, 0.4) is 0 Å². The van der Waals surface area contributed by atoms with Crippen molar-refractivity contribution in [1.82, 2.24) is 24.1 Å². The number of aromatic nitrogens is 4. The summed E-state index contributed by atoms with van der Waals surface area (Å²) in [6.07, 6.45) is -5.61. The second kappa shape index (κ2) is 8.96. The average molecular weight is 516 g/mol. The third-order valence-electron chi connectivity index (χ3n) is 5.34. The second-order valence-corrected chi connectivity index (χ2v) is 10.2. The fraction of sp³-hybridized carbons (Fsp3) is 0.611. The van der Waals surface area contributed by atoms with Gasteiger partial charge in [0.15, 0.2) is 5.60 Å². The van der Waals surface area contributed by atoms with Crippen LogP contribution in [0, 0.1) is 0 Å². The summed E-state index contributed by atoms with van der Waals surface area (Å²) in [5, 5.41) is 16.1. The van der Waals surface area contributed by atoms with Crippen LogP contribution in [0.1, 0.15) is 25.3 Å². The maximum atomic E-state index is 13.5. The standard InChI is InChI=1S/C18H22F6N6O3S/c1-16(31,18(22,23)24)10-29-9-11(7-26-29)14-13(17(19,20)21)8-25-15(28-14)27-12-3-5-30(6-4-12)34(2,32)33/h7-9,12,31H,3-6,10H2,1-2H3,(H,25,27,28). The highest BCUT2D eigenvalue weighted by atomic mass is 32.2. The van der Waals surface area contributed by atoms with Gasteiger partial charge in [0.1, 0.15) is 5.56 Å². The van der Waals surface area contributed by atoms with E-state index < -0.39 is 45.8 Å². The van der Waals surface area contributed by atoms with E-state index in [1.165, 1.54) is 4.31 Å². The van der Waals surface area contributed by atoms with Gasteiger partial charge in [0.25, 0.3) is 0 Å². The van der Waals surface area contributed by atoms with Crippen LogP contribution in [-0.2, 0) is 22.7 Å². The Labute approximate surface area is 190 Å². The van der Waals surface area contributed by atoms with Crippen LogP contribution >= 0.6 is 0 Å². The summed E-state index contributed by atoms with van der Waals surface area (Å²) in [4.78, 5) is 7.62. The Morgan fingerprint density at radius 3 is 2.29 bits per heavy atom. The number of nitrogens with zero attached hydrogens (tertiary/aromatic N) is 5. The zero-order valence-electron chi connectivity index (χ0n) is 18.0. The smallest absolute Gasteiger partial charge is 0.379 e. The van der Waals surface area contributed by atoms with Crippen LogP contribution < -0.4 is 5.32 Å². The molecule has 34 heavy (non-hydrogen) atoms. The first kappa shape index (κ1) is 26.2. The molecule has 1 unspecified atom stereocenters. The molecule has 16 heteroatoms. The molecule has 1 fully saturated rings. The molecule has 3 heterocycles. The van der Waals surface area contributed by atoms with E-state index in [4.69, 9.17) is 0 Å². The van der Waals surface area contributed by atoms with Crippen molar-refractivity contribution in [3.05, 3.63) is 24.2 Å². The van der Waals surface area contributed by atoms with Crippen molar-refractivity contribution in [2.75, 3.05) is 24.7 Å². The zero-order chi connectivity index (χ0) is 25.5. The fourth-order valence-electron chi connectivity index (χ4n) is 3.37. The average Bonchev–Trinajstić information content (AvgIpc) is 3.13. The highest BCUT2D eigenvalue weighted by Crippen LogP contribution is 2.37. The summed E-state index contributed by atoms with van der Waals surface area (Å²) in [5.41, 5.74) is -5.19. The van der Waals surface area contributed by atoms with Gasteiger partial charge in [-0.15, -0.1) is 0 Å². The molecule has 0 radical (unpaired) electrons. The molecule has 0 bridgehead atoms. The highest BCUT2D eigenvalue weighted by Gasteiger charge is 2.50. The maximum absolute atomic E-state index is 13.5. The lowest BCUT2D eigenvalue weighted by Crippen LogP contribution is -2.45. The molecular formula is C18H22F6N6O3S. The number of sulfonamides is 1. The van der Waals surface area contributed by atoms with Crippen LogP contribution in [0.4, 0.5) is 32.3 Å². The minimum atomic E-state index is -4.98. The number of nitrogens with one attached hydrogen (secondary N) is 1. The van der Waals surface area contributed by atoms with Gasteiger partial charge in [0.05, 0.1) is 24.7 Å². The van der Waals surface area contributed by atoms with E-state index in [9.17, 15) is 39.9 Å². The van der Waals surface area contributed by atoms with E-state index in [0.29, 0.717) is 30.6 Å². The Morgan fingerprint density at radius 2 is 1.76 bits per heavy atom. The molecule has 0 aliphatic carbocycles. The van der Waals surface area contributed by atoms with Gasteiger partial charge in [-0.25, -0.2) is 22.7 Å². The molecule has 2 aromatic rings. The molecule has 190 valence electrons. The lowest BCUT2D eigenvalue weighted by atomic mass is 10.1. The topological polar surface area (TPSA) is 113 Å². The molecule has 1 atom stereocenters. The normalized spacial score (nSPS) is 18.6. The third-order valence-corrected chi connectivity index (χ3v) is 6.64. The van der Waals surface area contributed by atoms with E-state index >= 15 is 0 Å². The summed E-state index contributed by atoms with van der Waals surface area (Å²) in [6, 6.07) is -0.299. The van der Waals surface area contributed by atoms with E-state index in [1.807, 2.05) is 0 Å². The van der Waals surface area contributed by atoms with Crippen molar-refractivity contribution in [3.63, 3.8) is 0 Å². The summed E-state index contributed by atoms with van der Waals surface area (Å²) >= 11 is 0. The summed E-state index contributed by atoms with van der Waals surface area (Å²) in [7, 11) is -3.36. The van der Waals surface area contributed by atoms with E-state index in [2.05, 4.69) is 20.4 Å². The van der Waals surface area contributed by atoms with Gasteiger partial charge in [0, 0.05) is 37.1 Å². The molecule has 1 aliphatic rings. The fourth-order valence-corrected chi connectivity index (χ4v) is 4.24. The van der Waals surface area contributed by atoms with Crippen molar-refractivity contribution >= 4 is 16.0 Å². The van der Waals surface area contributed by atoms with Crippen LogP contribution in [0.15, 0.2) is 18.6 Å². The largest absolute Gasteiger partial charge is 0.419 e. The van der Waals surface area contributed by atoms with E-state index in [1.54, 1.807) is 0 Å². The van der Waals surface area contributed by atoms with Gasteiger partial charge in [-0.3, -0.25) is 4.68 Å². The van der Waals surface area contributed by atoms with Gasteiger partial charge >= 0.3 is 12.4 Å². The summed E-state index contributed by atoms with van der Waals surface area (Å²) in [5.74, 6) is -0.157. The van der Waals surface area contributed by atoms with Gasteiger partial charge in [-0.1, -0.05) is 0 Å². The van der Waals surface area contributed by atoms with Crippen LogP contribution in [0.2, 0.25) is 0 Å². The van der Waals surface area contributed by atoms with E-state index in [-0.39, 0.29) is 30.6 Å². The predicted octanol–water partition coefficient (Wildman–Crippen LogP) is 2.51. The van der Waals surface area contributed by atoms with Crippen molar-refractivity contribution in [2.24, 2.45) is 0 Å². The number of rotatable bonds is 6. The minimum absolute atomic E-state index is 0.157. The molecule has 2 aromatic heterocycles. The number of alkyl halides is 6. The molecule has 0 spiro atoms. The van der Waals surface area contributed by atoms with Crippen LogP contribution in [0.5, 0.6) is 0 Å². The molecule has 0 amide bonds. The summed E-state index contributed by atoms with van der Waals surface area (Å²) in [6.45, 7) is -0.0734. The van der Waals surface area contributed by atoms with Gasteiger partial charge < -0.3 is 10.4 Å². The SMILES string of the molecule is CC(O)(Cn1cc(-c2nc(NC3CCN(S(C)(=O)=O)CC3)ncc2C(F)(F)F)cn1)C(F)(F)F. The molecule has 3 rings (SSSR count). The minimum Gasteiger partial charge on any atom is -0.379 e. The first-order valence-electron chi connectivity index (χ1n) is 9.95. The molecule has 0 aromatic carbocycles. The van der Waals surface area contributed by atoms with Crippen LogP contribution in [-0.4, -0.2) is 74.7 Å².